The third-order valence-corrected chi connectivity index (χ3v) is 5.14. The molecule has 0 spiro atoms. The van der Waals surface area contributed by atoms with Crippen molar-refractivity contribution in [3.8, 4) is 12.3 Å². The molecule has 12 nitrogen and oxygen atoms in total. The van der Waals surface area contributed by atoms with Gasteiger partial charge in [0.2, 0.25) is 11.8 Å². The summed E-state index contributed by atoms with van der Waals surface area (Å²) in [5.41, 5.74) is 9.82. The number of unbranched alkanes of at least 4 members (excludes halogenated alkanes) is 1. The standard InChI is InChI=1S/C26H29N7O5/c1-2-15-28-23(34)17-30-25(36)22(31-24(35)20-12-6-7-13-21(20)32-33-27)14-8-9-16-29-26(37)38-18-19-10-4-3-5-11-19/h1,3-7,10-13,22H,8-9,14-18H2,(H,28,34)(H,29,37)(H,30,36)(H,31,35)/t22-/m0/s1. The number of amides is 4. The van der Waals surface area contributed by atoms with Crippen LogP contribution in [0.25, 0.3) is 10.4 Å². The van der Waals surface area contributed by atoms with Crippen LogP contribution in [0.1, 0.15) is 35.2 Å². The molecule has 198 valence electrons. The molecule has 0 heterocycles. The van der Waals surface area contributed by atoms with Gasteiger partial charge in [0.05, 0.1) is 18.8 Å². The summed E-state index contributed by atoms with van der Waals surface area (Å²) in [6, 6.07) is 14.4. The number of rotatable bonds is 14. The quantitative estimate of drug-likeness (QED) is 0.0985. The van der Waals surface area contributed by atoms with Crippen molar-refractivity contribution in [1.82, 2.24) is 21.3 Å². The molecule has 2 aromatic carbocycles. The summed E-state index contributed by atoms with van der Waals surface area (Å²) in [6.45, 7) is 0.139. The van der Waals surface area contributed by atoms with Crippen LogP contribution >= 0.6 is 0 Å². The summed E-state index contributed by atoms with van der Waals surface area (Å²) < 4.78 is 5.15. The molecule has 0 unspecified atom stereocenters. The first-order valence-corrected chi connectivity index (χ1v) is 11.8. The highest BCUT2D eigenvalue weighted by Gasteiger charge is 2.22. The molecular formula is C26H29N7O5. The lowest BCUT2D eigenvalue weighted by Gasteiger charge is -2.19. The molecule has 0 saturated heterocycles. The van der Waals surface area contributed by atoms with Gasteiger partial charge in [0.1, 0.15) is 12.6 Å². The Morgan fingerprint density at radius 1 is 1.00 bits per heavy atom. The average Bonchev–Trinajstić information content (AvgIpc) is 2.93. The van der Waals surface area contributed by atoms with Crippen LogP contribution in [0.3, 0.4) is 0 Å². The minimum atomic E-state index is -0.993. The number of nitrogens with one attached hydrogen (secondary N) is 4. The van der Waals surface area contributed by atoms with Crippen molar-refractivity contribution in [3.05, 3.63) is 76.2 Å². The molecule has 4 N–H and O–H groups in total. The van der Waals surface area contributed by atoms with Crippen molar-refractivity contribution in [2.24, 2.45) is 5.11 Å². The molecule has 12 heteroatoms. The number of nitrogens with zero attached hydrogens (tertiary/aromatic N) is 3. The molecule has 0 aliphatic rings. The zero-order valence-corrected chi connectivity index (χ0v) is 20.7. The number of carbonyl (C=O) groups is 4. The first-order valence-electron chi connectivity index (χ1n) is 11.8. The maximum Gasteiger partial charge on any atom is 0.407 e. The molecule has 2 rings (SSSR count). The third kappa shape index (κ3) is 10.7. The third-order valence-electron chi connectivity index (χ3n) is 5.14. The van der Waals surface area contributed by atoms with Crippen molar-refractivity contribution < 1.29 is 23.9 Å². The number of hydrogen-bond acceptors (Lipinski definition) is 6. The van der Waals surface area contributed by atoms with Gasteiger partial charge in [-0.05, 0) is 36.4 Å². The van der Waals surface area contributed by atoms with E-state index in [1.165, 1.54) is 12.1 Å². The van der Waals surface area contributed by atoms with Crippen LogP contribution in [-0.2, 0) is 20.9 Å². The lowest BCUT2D eigenvalue weighted by atomic mass is 10.1. The summed E-state index contributed by atoms with van der Waals surface area (Å²) in [7, 11) is 0. The molecule has 0 bridgehead atoms. The fourth-order valence-corrected chi connectivity index (χ4v) is 3.25. The van der Waals surface area contributed by atoms with Gasteiger partial charge >= 0.3 is 6.09 Å². The second-order valence-corrected chi connectivity index (χ2v) is 7.92. The molecule has 0 radical (unpaired) electrons. The van der Waals surface area contributed by atoms with Gasteiger partial charge in [-0.3, -0.25) is 14.4 Å². The minimum absolute atomic E-state index is 0.0197. The van der Waals surface area contributed by atoms with E-state index in [2.05, 4.69) is 37.2 Å². The van der Waals surface area contributed by atoms with Crippen molar-refractivity contribution in [3.63, 3.8) is 0 Å². The van der Waals surface area contributed by atoms with Crippen LogP contribution in [0.15, 0.2) is 59.7 Å². The van der Waals surface area contributed by atoms with E-state index in [0.717, 1.165) is 5.56 Å². The first kappa shape index (κ1) is 29.2. The average molecular weight is 520 g/mol. The summed E-state index contributed by atoms with van der Waals surface area (Å²) in [5, 5.41) is 13.7. The lowest BCUT2D eigenvalue weighted by molar-refractivity contribution is -0.127. The number of terminal acetylenes is 1. The minimum Gasteiger partial charge on any atom is -0.445 e. The van der Waals surface area contributed by atoms with Gasteiger partial charge in [-0.1, -0.05) is 59.6 Å². The van der Waals surface area contributed by atoms with E-state index in [0.29, 0.717) is 19.4 Å². The second-order valence-electron chi connectivity index (χ2n) is 7.92. The van der Waals surface area contributed by atoms with Gasteiger partial charge in [-0.15, -0.1) is 6.42 Å². The number of ether oxygens (including phenoxy) is 1. The Labute approximate surface area is 220 Å². The molecule has 2 aromatic rings. The Bertz CT molecular complexity index is 1190. The maximum atomic E-state index is 12.9. The largest absolute Gasteiger partial charge is 0.445 e. The normalized spacial score (nSPS) is 10.6. The summed E-state index contributed by atoms with van der Waals surface area (Å²) in [6.07, 6.45) is 5.71. The number of benzene rings is 2. The summed E-state index contributed by atoms with van der Waals surface area (Å²) in [4.78, 5) is 52.0. The van der Waals surface area contributed by atoms with E-state index in [1.807, 2.05) is 30.3 Å². The highest BCUT2D eigenvalue weighted by atomic mass is 16.5. The molecule has 1 atom stereocenters. The monoisotopic (exact) mass is 519 g/mol. The number of azide groups is 1. The Morgan fingerprint density at radius 3 is 2.47 bits per heavy atom. The molecule has 0 aliphatic heterocycles. The van der Waals surface area contributed by atoms with Crippen molar-refractivity contribution in [1.29, 1.82) is 0 Å². The topological polar surface area (TPSA) is 174 Å². The van der Waals surface area contributed by atoms with Gasteiger partial charge < -0.3 is 26.0 Å². The zero-order valence-electron chi connectivity index (χ0n) is 20.7. The fraction of sp³-hybridized carbons (Fsp3) is 0.308. The number of alkyl carbamates (subject to hydrolysis) is 1. The zero-order chi connectivity index (χ0) is 27.6. The maximum absolute atomic E-state index is 12.9. The van der Waals surface area contributed by atoms with E-state index < -0.39 is 29.9 Å². The predicted octanol–water partition coefficient (Wildman–Crippen LogP) is 2.69. The van der Waals surface area contributed by atoms with Gasteiger partial charge in [0, 0.05) is 17.0 Å². The van der Waals surface area contributed by atoms with E-state index >= 15 is 0 Å². The van der Waals surface area contributed by atoms with Crippen molar-refractivity contribution in [2.45, 2.75) is 31.9 Å². The molecular weight excluding hydrogens is 490 g/mol. The molecule has 0 aromatic heterocycles. The van der Waals surface area contributed by atoms with E-state index in [-0.39, 0.29) is 37.4 Å². The van der Waals surface area contributed by atoms with Crippen molar-refractivity contribution >= 4 is 29.5 Å². The lowest BCUT2D eigenvalue weighted by Crippen LogP contribution is -2.49. The van der Waals surface area contributed by atoms with Crippen LogP contribution in [0.4, 0.5) is 10.5 Å². The van der Waals surface area contributed by atoms with Gasteiger partial charge in [0.25, 0.3) is 5.91 Å². The van der Waals surface area contributed by atoms with Gasteiger partial charge in [-0.2, -0.15) is 0 Å². The first-order chi connectivity index (χ1) is 18.4. The van der Waals surface area contributed by atoms with Crippen LogP contribution in [0.5, 0.6) is 0 Å². The predicted molar refractivity (Wildman–Crippen MR) is 140 cm³/mol. The van der Waals surface area contributed by atoms with Crippen LogP contribution in [0, 0.1) is 12.3 Å². The van der Waals surface area contributed by atoms with E-state index in [4.69, 9.17) is 16.7 Å². The molecule has 4 amide bonds. The van der Waals surface area contributed by atoms with E-state index in [9.17, 15) is 19.2 Å². The van der Waals surface area contributed by atoms with Gasteiger partial charge in [-0.25, -0.2) is 4.79 Å². The summed E-state index contributed by atoms with van der Waals surface area (Å²) in [5.74, 6) is 0.583. The molecule has 0 aliphatic carbocycles. The Balaban J connectivity index is 1.90. The van der Waals surface area contributed by atoms with Crippen molar-refractivity contribution in [2.75, 3.05) is 19.6 Å². The smallest absolute Gasteiger partial charge is 0.407 e. The molecule has 0 fully saturated rings. The molecule has 38 heavy (non-hydrogen) atoms. The van der Waals surface area contributed by atoms with Crippen LogP contribution in [-0.4, -0.2) is 49.5 Å². The molecule has 0 saturated carbocycles. The SMILES string of the molecule is C#CCNC(=O)CNC(=O)[C@H](CCCCNC(=O)OCc1ccccc1)NC(=O)c1ccccc1N=[N+]=[N-]. The van der Waals surface area contributed by atoms with Crippen LogP contribution in [0.2, 0.25) is 0 Å². The van der Waals surface area contributed by atoms with Gasteiger partial charge in [0.15, 0.2) is 0 Å². The highest BCUT2D eigenvalue weighted by Crippen LogP contribution is 2.19. The second kappa shape index (κ2) is 16.6. The Morgan fingerprint density at radius 2 is 1.74 bits per heavy atom. The van der Waals surface area contributed by atoms with Crippen LogP contribution < -0.4 is 21.3 Å². The highest BCUT2D eigenvalue weighted by molar-refractivity contribution is 6.01. The number of carbonyl (C=O) groups excluding carboxylic acids is 4. The number of hydrogen-bond donors (Lipinski definition) is 4. The Hall–Kier alpha value is -5.01. The Kier molecular flexibility index (Phi) is 12.8. The fourth-order valence-electron chi connectivity index (χ4n) is 3.25. The summed E-state index contributed by atoms with van der Waals surface area (Å²) >= 11 is 0. The van der Waals surface area contributed by atoms with E-state index in [1.54, 1.807) is 12.1 Å².